The summed E-state index contributed by atoms with van der Waals surface area (Å²) in [6.45, 7) is 4.07. The Kier molecular flexibility index (Phi) is 3.48. The molecule has 0 amide bonds. The van der Waals surface area contributed by atoms with Gasteiger partial charge in [-0.1, -0.05) is 11.3 Å². The summed E-state index contributed by atoms with van der Waals surface area (Å²) < 4.78 is 1.47. The van der Waals surface area contributed by atoms with E-state index in [1.165, 1.54) is 15.7 Å². The number of nitro groups is 1. The van der Waals surface area contributed by atoms with Crippen molar-refractivity contribution in [2.45, 2.75) is 19.9 Å². The maximum absolute atomic E-state index is 11.2. The molecular weight excluding hydrogens is 256 g/mol. The van der Waals surface area contributed by atoms with E-state index in [0.717, 1.165) is 0 Å². The Morgan fingerprint density at radius 3 is 2.94 bits per heavy atom. The van der Waals surface area contributed by atoms with E-state index < -0.39 is 4.92 Å². The molecule has 0 saturated heterocycles. The summed E-state index contributed by atoms with van der Waals surface area (Å²) in [6.07, 6.45) is 1.63. The fourth-order valence-corrected chi connectivity index (χ4v) is 2.55. The minimum absolute atomic E-state index is 0.0282. The molecule has 0 radical (unpaired) electrons. The van der Waals surface area contributed by atoms with Crippen molar-refractivity contribution in [2.24, 2.45) is 0 Å². The Bertz CT molecular complexity index is 562. The molecule has 0 bridgehead atoms. The Morgan fingerprint density at radius 2 is 2.39 bits per heavy atom. The average Bonchev–Trinajstić information content (AvgIpc) is 2.83. The Morgan fingerprint density at radius 1 is 1.67 bits per heavy atom. The lowest BCUT2D eigenvalue weighted by Gasteiger charge is -2.24. The van der Waals surface area contributed by atoms with Crippen molar-refractivity contribution in [1.82, 2.24) is 9.38 Å². The van der Waals surface area contributed by atoms with Crippen LogP contribution in [-0.4, -0.2) is 38.6 Å². The van der Waals surface area contributed by atoms with Crippen LogP contribution < -0.4 is 4.90 Å². The molecule has 0 spiro atoms. The first kappa shape index (κ1) is 12.8. The van der Waals surface area contributed by atoms with Gasteiger partial charge in [-0.15, -0.1) is 0 Å². The lowest BCUT2D eigenvalue weighted by molar-refractivity contribution is -0.389. The monoisotopic (exact) mass is 270 g/mol. The predicted molar refractivity (Wildman–Crippen MR) is 69.3 cm³/mol. The van der Waals surface area contributed by atoms with E-state index in [0.29, 0.717) is 17.3 Å². The minimum atomic E-state index is -0.436. The van der Waals surface area contributed by atoms with Crippen LogP contribution in [0.25, 0.3) is 4.96 Å². The summed E-state index contributed by atoms with van der Waals surface area (Å²) in [5, 5.41) is 22.0. The summed E-state index contributed by atoms with van der Waals surface area (Å²) in [5.41, 5.74) is 0. The van der Waals surface area contributed by atoms with Crippen LogP contribution in [-0.2, 0) is 0 Å². The maximum Gasteiger partial charge on any atom is 0.373 e. The number of aliphatic hydroxyl groups excluding tert-OH is 1. The Hall–Kier alpha value is -1.67. The highest BCUT2D eigenvalue weighted by Gasteiger charge is 2.28. The zero-order valence-electron chi connectivity index (χ0n) is 10.1. The number of imidazole rings is 1. The van der Waals surface area contributed by atoms with Crippen LogP contribution in [0.1, 0.15) is 13.8 Å². The van der Waals surface area contributed by atoms with Crippen molar-refractivity contribution in [3.05, 3.63) is 21.7 Å². The molecule has 1 N–H and O–H groups in total. The lowest BCUT2D eigenvalue weighted by atomic mass is 10.3. The zero-order chi connectivity index (χ0) is 13.3. The van der Waals surface area contributed by atoms with Crippen LogP contribution in [0.5, 0.6) is 0 Å². The molecule has 0 unspecified atom stereocenters. The smallest absolute Gasteiger partial charge is 0.373 e. The number of fused-ring (bicyclic) bond motifs is 1. The summed E-state index contributed by atoms with van der Waals surface area (Å²) in [7, 11) is 0. The molecule has 0 atom stereocenters. The normalized spacial score (nSPS) is 11.3. The summed E-state index contributed by atoms with van der Waals surface area (Å²) in [6, 6.07) is 0.0282. The number of hydrogen-bond donors (Lipinski definition) is 1. The summed E-state index contributed by atoms with van der Waals surface area (Å²) >= 11 is 1.35. The van der Waals surface area contributed by atoms with E-state index in [2.05, 4.69) is 4.98 Å². The minimum Gasteiger partial charge on any atom is -0.395 e. The quantitative estimate of drug-likeness (QED) is 0.657. The fraction of sp³-hybridized carbons (Fsp3) is 0.500. The first-order valence-electron chi connectivity index (χ1n) is 5.53. The van der Waals surface area contributed by atoms with Crippen LogP contribution in [0.2, 0.25) is 0 Å². The molecule has 8 heteroatoms. The van der Waals surface area contributed by atoms with E-state index in [1.54, 1.807) is 16.5 Å². The molecule has 2 aromatic heterocycles. The van der Waals surface area contributed by atoms with E-state index in [1.807, 2.05) is 13.8 Å². The average molecular weight is 270 g/mol. The van der Waals surface area contributed by atoms with Gasteiger partial charge >= 0.3 is 5.82 Å². The Balaban J connectivity index is 2.57. The third-order valence-electron chi connectivity index (χ3n) is 2.63. The molecule has 2 rings (SSSR count). The van der Waals surface area contributed by atoms with Crippen molar-refractivity contribution in [1.29, 1.82) is 0 Å². The molecule has 0 aliphatic rings. The lowest BCUT2D eigenvalue weighted by Crippen LogP contribution is -2.34. The second-order valence-corrected chi connectivity index (χ2v) is 4.96. The van der Waals surface area contributed by atoms with E-state index >= 15 is 0 Å². The van der Waals surface area contributed by atoms with Gasteiger partial charge in [-0.2, -0.15) is 9.38 Å². The SMILES string of the molecule is CC(C)N(CCO)c1nc2sccn2c1[N+](=O)[O-]. The van der Waals surface area contributed by atoms with Gasteiger partial charge in [0.2, 0.25) is 5.82 Å². The van der Waals surface area contributed by atoms with Gasteiger partial charge in [0.15, 0.2) is 0 Å². The van der Waals surface area contributed by atoms with Crippen molar-refractivity contribution in [2.75, 3.05) is 18.1 Å². The first-order chi connectivity index (χ1) is 8.56. The molecule has 0 aromatic carbocycles. The molecule has 2 aromatic rings. The molecule has 0 saturated carbocycles. The topological polar surface area (TPSA) is 83.9 Å². The number of rotatable bonds is 5. The first-order valence-corrected chi connectivity index (χ1v) is 6.41. The van der Waals surface area contributed by atoms with Gasteiger partial charge in [0.25, 0.3) is 4.96 Å². The number of aromatic nitrogens is 2. The summed E-state index contributed by atoms with van der Waals surface area (Å²) in [5.74, 6) is 0.268. The molecular formula is C10H14N4O3S. The van der Waals surface area contributed by atoms with Gasteiger partial charge in [-0.25, -0.2) is 0 Å². The molecule has 0 aliphatic heterocycles. The van der Waals surface area contributed by atoms with Gasteiger partial charge in [0.05, 0.1) is 6.61 Å². The molecule has 0 fully saturated rings. The van der Waals surface area contributed by atoms with Crippen LogP contribution in [0.4, 0.5) is 11.6 Å². The van der Waals surface area contributed by atoms with Gasteiger partial charge < -0.3 is 20.1 Å². The van der Waals surface area contributed by atoms with Crippen LogP contribution in [0.3, 0.4) is 0 Å². The number of hydrogen-bond acceptors (Lipinski definition) is 6. The second kappa shape index (κ2) is 4.91. The zero-order valence-corrected chi connectivity index (χ0v) is 10.9. The molecule has 0 aliphatic carbocycles. The van der Waals surface area contributed by atoms with E-state index in [4.69, 9.17) is 5.11 Å². The molecule has 2 heterocycles. The standard InChI is InChI=1S/C10H14N4O3S/c1-7(2)12(3-5-15)8-9(14(16)17)13-4-6-18-10(13)11-8/h4,6-7,15H,3,5H2,1-2H3. The Labute approximate surface area is 107 Å². The van der Waals surface area contributed by atoms with Crippen molar-refractivity contribution >= 4 is 27.9 Å². The maximum atomic E-state index is 11.2. The van der Waals surface area contributed by atoms with Crippen LogP contribution in [0, 0.1) is 10.1 Å². The van der Waals surface area contributed by atoms with Gasteiger partial charge in [0, 0.05) is 18.0 Å². The summed E-state index contributed by atoms with van der Waals surface area (Å²) in [4.78, 5) is 17.4. The van der Waals surface area contributed by atoms with Gasteiger partial charge in [-0.3, -0.25) is 0 Å². The number of anilines is 1. The highest BCUT2D eigenvalue weighted by Crippen LogP contribution is 2.31. The highest BCUT2D eigenvalue weighted by atomic mass is 32.1. The number of aliphatic hydroxyl groups is 1. The van der Waals surface area contributed by atoms with Crippen molar-refractivity contribution in [3.63, 3.8) is 0 Å². The van der Waals surface area contributed by atoms with E-state index in [-0.39, 0.29) is 18.5 Å². The van der Waals surface area contributed by atoms with E-state index in [9.17, 15) is 10.1 Å². The third-order valence-corrected chi connectivity index (χ3v) is 3.39. The van der Waals surface area contributed by atoms with Crippen molar-refractivity contribution in [3.8, 4) is 0 Å². The van der Waals surface area contributed by atoms with Gasteiger partial charge in [-0.05, 0) is 18.8 Å². The van der Waals surface area contributed by atoms with Crippen molar-refractivity contribution < 1.29 is 10.0 Å². The predicted octanol–water partition coefficient (Wildman–Crippen LogP) is 1.51. The van der Waals surface area contributed by atoms with Crippen LogP contribution in [0.15, 0.2) is 11.6 Å². The van der Waals surface area contributed by atoms with Gasteiger partial charge in [0.1, 0.15) is 6.20 Å². The molecule has 18 heavy (non-hydrogen) atoms. The fourth-order valence-electron chi connectivity index (χ4n) is 1.84. The molecule has 7 nitrogen and oxygen atoms in total. The largest absolute Gasteiger partial charge is 0.395 e. The van der Waals surface area contributed by atoms with Crippen LogP contribution >= 0.6 is 11.3 Å². The third kappa shape index (κ3) is 2.04. The number of nitrogens with zero attached hydrogens (tertiary/aromatic N) is 4. The number of thiazole rings is 1. The molecule has 98 valence electrons. The highest BCUT2D eigenvalue weighted by molar-refractivity contribution is 7.15. The second-order valence-electron chi connectivity index (χ2n) is 4.08.